The molecule has 1 aromatic rings. The molecule has 0 amide bonds. The van der Waals surface area contributed by atoms with Gasteiger partial charge in [0, 0.05) is 6.07 Å². The summed E-state index contributed by atoms with van der Waals surface area (Å²) in [6.07, 6.45) is 0. The van der Waals surface area contributed by atoms with Crippen LogP contribution in [0.5, 0.6) is 0 Å². The van der Waals surface area contributed by atoms with Gasteiger partial charge in [0.15, 0.2) is 11.6 Å². The minimum Gasteiger partial charge on any atom is -0.294 e. The Morgan fingerprint density at radius 1 is 1.20 bits per heavy atom. The summed E-state index contributed by atoms with van der Waals surface area (Å²) in [5.41, 5.74) is -1.26. The number of H-pyrrole nitrogens is 1. The maximum absolute atomic E-state index is 12.0. The second-order valence-electron chi connectivity index (χ2n) is 1.61. The summed E-state index contributed by atoms with van der Waals surface area (Å²) in [7, 11) is 0. The number of nitrogens with one attached hydrogen (secondary N) is 1. The average molecular weight is 149 g/mol. The van der Waals surface area contributed by atoms with Crippen LogP contribution in [0, 0.1) is 17.6 Å². The molecule has 5 heteroatoms. The Hall–Kier alpha value is -1.26. The summed E-state index contributed by atoms with van der Waals surface area (Å²) in [4.78, 5) is 11.5. The van der Waals surface area contributed by atoms with Crippen molar-refractivity contribution in [2.45, 2.75) is 0 Å². The molecule has 0 unspecified atom stereocenters. The smallest absolute Gasteiger partial charge is 0.286 e. The Balaban J connectivity index is 3.43. The van der Waals surface area contributed by atoms with Crippen LogP contribution in [0.4, 0.5) is 13.2 Å². The van der Waals surface area contributed by atoms with E-state index in [1.807, 2.05) is 0 Å². The molecule has 0 aliphatic heterocycles. The molecule has 0 spiro atoms. The highest BCUT2D eigenvalue weighted by Gasteiger charge is 2.05. The van der Waals surface area contributed by atoms with Crippen molar-refractivity contribution in [3.8, 4) is 0 Å². The molecule has 2 nitrogen and oxygen atoms in total. The lowest BCUT2D eigenvalue weighted by Gasteiger charge is -1.89. The number of hydrogen-bond acceptors (Lipinski definition) is 1. The molecular weight excluding hydrogens is 147 g/mol. The standard InChI is InChI=1S/C5H2F3NO/c6-2-1-3(7)5(10)9-4(2)8/h1H,(H,9,10). The lowest BCUT2D eigenvalue weighted by molar-refractivity contribution is 0.458. The van der Waals surface area contributed by atoms with Gasteiger partial charge in [-0.05, 0) is 0 Å². The van der Waals surface area contributed by atoms with Crippen molar-refractivity contribution < 1.29 is 13.2 Å². The fourth-order valence-corrected chi connectivity index (χ4v) is 0.459. The number of halogens is 3. The first kappa shape index (κ1) is 6.85. The molecule has 0 saturated carbocycles. The molecule has 1 rings (SSSR count). The van der Waals surface area contributed by atoms with E-state index in [-0.39, 0.29) is 6.07 Å². The zero-order valence-electron chi connectivity index (χ0n) is 4.62. The van der Waals surface area contributed by atoms with Crippen LogP contribution in [0.2, 0.25) is 0 Å². The van der Waals surface area contributed by atoms with Crippen LogP contribution in [0.3, 0.4) is 0 Å². The summed E-state index contributed by atoms with van der Waals surface area (Å²) >= 11 is 0. The maximum atomic E-state index is 12.0. The zero-order valence-corrected chi connectivity index (χ0v) is 4.62. The Morgan fingerprint density at radius 3 is 2.30 bits per heavy atom. The van der Waals surface area contributed by atoms with Gasteiger partial charge in [0.05, 0.1) is 0 Å². The summed E-state index contributed by atoms with van der Waals surface area (Å²) < 4.78 is 35.9. The third-order valence-electron chi connectivity index (χ3n) is 0.903. The van der Waals surface area contributed by atoms with Gasteiger partial charge in [0.1, 0.15) is 0 Å². The average Bonchev–Trinajstić information content (AvgIpc) is 1.84. The molecule has 1 N–H and O–H groups in total. The predicted octanol–water partition coefficient (Wildman–Crippen LogP) is 0.792. The highest BCUT2D eigenvalue weighted by molar-refractivity contribution is 4.98. The first-order chi connectivity index (χ1) is 4.61. The summed E-state index contributed by atoms with van der Waals surface area (Å²) in [6, 6.07) is 0.189. The number of hydrogen-bond donors (Lipinski definition) is 1. The van der Waals surface area contributed by atoms with E-state index >= 15 is 0 Å². The zero-order chi connectivity index (χ0) is 7.72. The van der Waals surface area contributed by atoms with E-state index in [2.05, 4.69) is 0 Å². The van der Waals surface area contributed by atoms with E-state index in [1.54, 1.807) is 0 Å². The molecule has 1 heterocycles. The normalized spacial score (nSPS) is 9.90. The third kappa shape index (κ3) is 1.02. The van der Waals surface area contributed by atoms with E-state index in [1.165, 1.54) is 4.98 Å². The summed E-state index contributed by atoms with van der Waals surface area (Å²) in [6.45, 7) is 0. The number of pyridine rings is 1. The van der Waals surface area contributed by atoms with Gasteiger partial charge in [0.25, 0.3) is 5.56 Å². The van der Waals surface area contributed by atoms with Crippen LogP contribution < -0.4 is 5.56 Å². The van der Waals surface area contributed by atoms with E-state index in [4.69, 9.17) is 0 Å². The molecule has 0 bridgehead atoms. The van der Waals surface area contributed by atoms with Gasteiger partial charge < -0.3 is 0 Å². The molecule has 54 valence electrons. The fourth-order valence-electron chi connectivity index (χ4n) is 0.459. The van der Waals surface area contributed by atoms with Crippen molar-refractivity contribution >= 4 is 0 Å². The minimum atomic E-state index is -1.45. The Bertz CT molecular complexity index is 306. The third-order valence-corrected chi connectivity index (χ3v) is 0.903. The van der Waals surface area contributed by atoms with Gasteiger partial charge in [-0.2, -0.15) is 4.39 Å². The van der Waals surface area contributed by atoms with E-state index in [9.17, 15) is 18.0 Å². The first-order valence-corrected chi connectivity index (χ1v) is 2.35. The summed E-state index contributed by atoms with van der Waals surface area (Å²) in [5, 5.41) is 0. The summed E-state index contributed by atoms with van der Waals surface area (Å²) in [5.74, 6) is -4.19. The van der Waals surface area contributed by atoms with E-state index < -0.39 is 23.1 Å². The lowest BCUT2D eigenvalue weighted by atomic mass is 10.4. The molecule has 0 aliphatic carbocycles. The van der Waals surface area contributed by atoms with Crippen LogP contribution >= 0.6 is 0 Å². The molecular formula is C5H2F3NO. The molecule has 0 fully saturated rings. The van der Waals surface area contributed by atoms with Crippen LogP contribution in [0.15, 0.2) is 10.9 Å². The Morgan fingerprint density at radius 2 is 1.80 bits per heavy atom. The van der Waals surface area contributed by atoms with Gasteiger partial charge in [-0.25, -0.2) is 8.78 Å². The fraction of sp³-hybridized carbons (Fsp3) is 0. The van der Waals surface area contributed by atoms with Gasteiger partial charge >= 0.3 is 0 Å². The maximum Gasteiger partial charge on any atom is 0.286 e. The van der Waals surface area contributed by atoms with Crippen molar-refractivity contribution in [1.29, 1.82) is 0 Å². The van der Waals surface area contributed by atoms with Gasteiger partial charge in [-0.1, -0.05) is 0 Å². The van der Waals surface area contributed by atoms with Crippen molar-refractivity contribution in [2.24, 2.45) is 0 Å². The van der Waals surface area contributed by atoms with Crippen molar-refractivity contribution in [2.75, 3.05) is 0 Å². The molecule has 0 aromatic carbocycles. The Kier molecular flexibility index (Phi) is 1.48. The highest BCUT2D eigenvalue weighted by atomic mass is 19.2. The monoisotopic (exact) mass is 149 g/mol. The van der Waals surface area contributed by atoms with Crippen molar-refractivity contribution in [3.05, 3.63) is 34.0 Å². The van der Waals surface area contributed by atoms with Crippen LogP contribution in [0.1, 0.15) is 0 Å². The van der Waals surface area contributed by atoms with Crippen LogP contribution in [-0.2, 0) is 0 Å². The number of aromatic amines is 1. The minimum absolute atomic E-state index is 0.189. The molecule has 0 aliphatic rings. The van der Waals surface area contributed by atoms with Crippen molar-refractivity contribution in [1.82, 2.24) is 4.98 Å². The Labute approximate surface area is 53.3 Å². The second kappa shape index (κ2) is 2.17. The predicted molar refractivity (Wildman–Crippen MR) is 26.9 cm³/mol. The quantitative estimate of drug-likeness (QED) is 0.543. The van der Waals surface area contributed by atoms with Gasteiger partial charge in [-0.15, -0.1) is 0 Å². The molecule has 0 atom stereocenters. The van der Waals surface area contributed by atoms with E-state index in [0.717, 1.165) is 0 Å². The van der Waals surface area contributed by atoms with Crippen LogP contribution in [-0.4, -0.2) is 4.98 Å². The number of aromatic nitrogens is 1. The highest BCUT2D eigenvalue weighted by Crippen LogP contribution is 1.98. The molecule has 10 heavy (non-hydrogen) atoms. The molecule has 0 radical (unpaired) electrons. The first-order valence-electron chi connectivity index (χ1n) is 2.35. The molecule has 0 saturated heterocycles. The van der Waals surface area contributed by atoms with Gasteiger partial charge in [-0.3, -0.25) is 9.78 Å². The van der Waals surface area contributed by atoms with Crippen molar-refractivity contribution in [3.63, 3.8) is 0 Å². The second-order valence-corrected chi connectivity index (χ2v) is 1.61. The molecule has 1 aromatic heterocycles. The van der Waals surface area contributed by atoms with E-state index in [0.29, 0.717) is 0 Å². The van der Waals surface area contributed by atoms with Crippen LogP contribution in [0.25, 0.3) is 0 Å². The van der Waals surface area contributed by atoms with Gasteiger partial charge in [0.2, 0.25) is 5.95 Å². The topological polar surface area (TPSA) is 32.9 Å². The number of rotatable bonds is 0. The largest absolute Gasteiger partial charge is 0.294 e. The SMILES string of the molecule is O=c1[nH]c(F)c(F)cc1F. The lowest BCUT2D eigenvalue weighted by Crippen LogP contribution is -2.13.